The van der Waals surface area contributed by atoms with Crippen LogP contribution < -0.4 is 0 Å². The average molecular weight is 242 g/mol. The van der Waals surface area contributed by atoms with Crippen molar-refractivity contribution in [2.45, 2.75) is 20.3 Å². The van der Waals surface area contributed by atoms with Gasteiger partial charge in [-0.15, -0.1) is 0 Å². The topological polar surface area (TPSA) is 32.6 Å². The van der Waals surface area contributed by atoms with Gasteiger partial charge in [0, 0.05) is 0 Å². The SMILES string of the molecule is CCC(=NO)/C(C)=C/c1ccc(F)c(Cl)c1. The monoisotopic (exact) mass is 241 g/mol. The molecule has 2 nitrogen and oxygen atoms in total. The molecule has 0 heterocycles. The van der Waals surface area contributed by atoms with Crippen LogP contribution in [0.4, 0.5) is 4.39 Å². The van der Waals surface area contributed by atoms with Crippen LogP contribution in [0.5, 0.6) is 0 Å². The predicted molar refractivity (Wildman–Crippen MR) is 64.6 cm³/mol. The van der Waals surface area contributed by atoms with Gasteiger partial charge in [-0.05, 0) is 36.6 Å². The van der Waals surface area contributed by atoms with Gasteiger partial charge in [0.05, 0.1) is 10.7 Å². The van der Waals surface area contributed by atoms with Crippen molar-refractivity contribution in [3.63, 3.8) is 0 Å². The lowest BCUT2D eigenvalue weighted by atomic mass is 10.1. The summed E-state index contributed by atoms with van der Waals surface area (Å²) in [5, 5.41) is 12.0. The molecule has 86 valence electrons. The number of hydrogen-bond donors (Lipinski definition) is 1. The van der Waals surface area contributed by atoms with Crippen molar-refractivity contribution in [3.05, 3.63) is 40.2 Å². The van der Waals surface area contributed by atoms with Crippen LogP contribution in [0.15, 0.2) is 28.9 Å². The van der Waals surface area contributed by atoms with E-state index in [4.69, 9.17) is 16.8 Å². The fraction of sp³-hybridized carbons (Fsp3) is 0.250. The Bertz CT molecular complexity index is 441. The van der Waals surface area contributed by atoms with E-state index in [-0.39, 0.29) is 5.02 Å². The average Bonchev–Trinajstić information content (AvgIpc) is 2.25. The van der Waals surface area contributed by atoms with Gasteiger partial charge in [-0.1, -0.05) is 35.8 Å². The van der Waals surface area contributed by atoms with Crippen molar-refractivity contribution >= 4 is 23.4 Å². The molecule has 1 aromatic carbocycles. The van der Waals surface area contributed by atoms with Crippen LogP contribution in [0.25, 0.3) is 6.08 Å². The van der Waals surface area contributed by atoms with E-state index in [9.17, 15) is 4.39 Å². The van der Waals surface area contributed by atoms with Crippen molar-refractivity contribution < 1.29 is 9.60 Å². The van der Waals surface area contributed by atoms with E-state index >= 15 is 0 Å². The molecule has 0 saturated carbocycles. The Morgan fingerprint density at radius 1 is 1.56 bits per heavy atom. The number of halogens is 2. The Labute approximate surface area is 99.0 Å². The summed E-state index contributed by atoms with van der Waals surface area (Å²) in [4.78, 5) is 0. The van der Waals surface area contributed by atoms with E-state index < -0.39 is 5.82 Å². The molecule has 0 amide bonds. The Hall–Kier alpha value is -1.35. The first kappa shape index (κ1) is 12.7. The van der Waals surface area contributed by atoms with Crippen LogP contribution in [-0.2, 0) is 0 Å². The molecule has 16 heavy (non-hydrogen) atoms. The van der Waals surface area contributed by atoms with Gasteiger partial charge in [0.2, 0.25) is 0 Å². The molecule has 0 aromatic heterocycles. The zero-order valence-corrected chi connectivity index (χ0v) is 9.92. The first-order valence-corrected chi connectivity index (χ1v) is 5.31. The Morgan fingerprint density at radius 3 is 2.75 bits per heavy atom. The molecule has 0 aliphatic heterocycles. The molecule has 0 radical (unpaired) electrons. The van der Waals surface area contributed by atoms with Crippen LogP contribution in [0.2, 0.25) is 5.02 Å². The number of hydrogen-bond acceptors (Lipinski definition) is 2. The standard InChI is InChI=1S/C12H13ClFNO/c1-3-12(15-16)8(2)6-9-4-5-11(14)10(13)7-9/h4-7,16H,3H2,1-2H3/b8-6+,15-12?. The highest BCUT2D eigenvalue weighted by Crippen LogP contribution is 2.18. The number of allylic oxidation sites excluding steroid dienone is 1. The minimum absolute atomic E-state index is 0.0838. The molecule has 0 saturated heterocycles. The molecule has 0 spiro atoms. The van der Waals surface area contributed by atoms with Crippen molar-refractivity contribution in [3.8, 4) is 0 Å². The highest BCUT2D eigenvalue weighted by atomic mass is 35.5. The van der Waals surface area contributed by atoms with Gasteiger partial charge in [-0.3, -0.25) is 0 Å². The van der Waals surface area contributed by atoms with Crippen molar-refractivity contribution in [2.24, 2.45) is 5.16 Å². The second-order valence-corrected chi connectivity index (χ2v) is 3.81. The third-order valence-corrected chi connectivity index (χ3v) is 2.53. The number of nitrogens with zero attached hydrogens (tertiary/aromatic N) is 1. The number of benzene rings is 1. The highest BCUT2D eigenvalue weighted by molar-refractivity contribution is 6.30. The maximum absolute atomic E-state index is 12.9. The van der Waals surface area contributed by atoms with Crippen LogP contribution in [0, 0.1) is 5.82 Å². The van der Waals surface area contributed by atoms with Crippen molar-refractivity contribution in [2.75, 3.05) is 0 Å². The van der Waals surface area contributed by atoms with Crippen molar-refractivity contribution in [1.29, 1.82) is 0 Å². The summed E-state index contributed by atoms with van der Waals surface area (Å²) in [7, 11) is 0. The van der Waals surface area contributed by atoms with Crippen LogP contribution in [0.1, 0.15) is 25.8 Å². The van der Waals surface area contributed by atoms with Gasteiger partial charge in [-0.25, -0.2) is 4.39 Å². The maximum Gasteiger partial charge on any atom is 0.141 e. The molecule has 0 unspecified atom stereocenters. The molecule has 0 aliphatic carbocycles. The molecule has 4 heteroatoms. The summed E-state index contributed by atoms with van der Waals surface area (Å²) in [5.74, 6) is -0.442. The first-order valence-electron chi connectivity index (χ1n) is 4.93. The Balaban J connectivity index is 3.03. The zero-order chi connectivity index (χ0) is 12.1. The van der Waals surface area contributed by atoms with Gasteiger partial charge in [0.25, 0.3) is 0 Å². The summed E-state index contributed by atoms with van der Waals surface area (Å²) in [6.45, 7) is 3.72. The lowest BCUT2D eigenvalue weighted by Crippen LogP contribution is -1.97. The predicted octanol–water partition coefficient (Wildman–Crippen LogP) is 4.12. The van der Waals surface area contributed by atoms with E-state index in [1.165, 1.54) is 12.1 Å². The van der Waals surface area contributed by atoms with Crippen molar-refractivity contribution in [1.82, 2.24) is 0 Å². The van der Waals surface area contributed by atoms with Gasteiger partial charge < -0.3 is 5.21 Å². The second-order valence-electron chi connectivity index (χ2n) is 3.40. The van der Waals surface area contributed by atoms with Gasteiger partial charge in [0.1, 0.15) is 5.82 Å². The first-order chi connectivity index (χ1) is 7.58. The molecule has 0 bridgehead atoms. The minimum Gasteiger partial charge on any atom is -0.411 e. The van der Waals surface area contributed by atoms with Gasteiger partial charge in [0.15, 0.2) is 0 Å². The normalized spacial score (nSPS) is 13.0. The molecule has 1 rings (SSSR count). The van der Waals surface area contributed by atoms with Gasteiger partial charge in [-0.2, -0.15) is 0 Å². The van der Waals surface area contributed by atoms with E-state index in [0.29, 0.717) is 12.1 Å². The number of rotatable bonds is 3. The quantitative estimate of drug-likeness (QED) is 0.482. The fourth-order valence-electron chi connectivity index (χ4n) is 1.36. The summed E-state index contributed by atoms with van der Waals surface area (Å²) in [6.07, 6.45) is 2.43. The molecule has 1 N–H and O–H groups in total. The van der Waals surface area contributed by atoms with E-state index in [1.807, 2.05) is 13.8 Å². The van der Waals surface area contributed by atoms with E-state index in [1.54, 1.807) is 12.1 Å². The molecule has 0 atom stereocenters. The molecular weight excluding hydrogens is 229 g/mol. The van der Waals surface area contributed by atoms with Gasteiger partial charge >= 0.3 is 0 Å². The molecule has 1 aromatic rings. The number of oxime groups is 1. The zero-order valence-electron chi connectivity index (χ0n) is 9.17. The maximum atomic E-state index is 12.9. The third-order valence-electron chi connectivity index (χ3n) is 2.24. The summed E-state index contributed by atoms with van der Waals surface area (Å²) < 4.78 is 12.9. The van der Waals surface area contributed by atoms with Crippen LogP contribution >= 0.6 is 11.6 Å². The Kier molecular flexibility index (Phi) is 4.50. The molecular formula is C12H13ClFNO. The summed E-state index contributed by atoms with van der Waals surface area (Å²) in [5.41, 5.74) is 2.20. The highest BCUT2D eigenvalue weighted by Gasteiger charge is 2.02. The third kappa shape index (κ3) is 3.07. The van der Waals surface area contributed by atoms with E-state index in [0.717, 1.165) is 11.1 Å². The van der Waals surface area contributed by atoms with Crippen LogP contribution in [-0.4, -0.2) is 10.9 Å². The fourth-order valence-corrected chi connectivity index (χ4v) is 1.55. The minimum atomic E-state index is -0.442. The Morgan fingerprint density at radius 2 is 2.25 bits per heavy atom. The largest absolute Gasteiger partial charge is 0.411 e. The molecule has 0 aliphatic rings. The second kappa shape index (κ2) is 5.66. The lowest BCUT2D eigenvalue weighted by Gasteiger charge is -2.02. The summed E-state index contributed by atoms with van der Waals surface area (Å²) >= 11 is 5.66. The summed E-state index contributed by atoms with van der Waals surface area (Å²) in [6, 6.07) is 4.46. The van der Waals surface area contributed by atoms with Crippen LogP contribution in [0.3, 0.4) is 0 Å². The lowest BCUT2D eigenvalue weighted by molar-refractivity contribution is 0.318. The van der Waals surface area contributed by atoms with E-state index in [2.05, 4.69) is 5.16 Å². The molecule has 0 fully saturated rings. The smallest absolute Gasteiger partial charge is 0.141 e.